The second kappa shape index (κ2) is 2.92. The third-order valence-electron chi connectivity index (χ3n) is 2.07. The Labute approximate surface area is 91.4 Å². The highest BCUT2D eigenvalue weighted by Crippen LogP contribution is 2.37. The van der Waals surface area contributed by atoms with Crippen LogP contribution in [0.2, 0.25) is 0 Å². The summed E-state index contributed by atoms with van der Waals surface area (Å²) in [5.74, 6) is 0. The molecule has 0 aliphatic heterocycles. The third-order valence-corrected chi connectivity index (χ3v) is 4.10. The summed E-state index contributed by atoms with van der Waals surface area (Å²) < 4.78 is 5.60. The molecule has 1 aromatic heterocycles. The minimum Gasteiger partial charge on any atom is -0.459 e. The van der Waals surface area contributed by atoms with Crippen LogP contribution in [0.3, 0.4) is 0 Å². The normalized spacial score (nSPS) is 16.3. The van der Waals surface area contributed by atoms with E-state index in [2.05, 4.69) is 39.5 Å². The molecule has 1 nitrogen and oxygen atoms in total. The fourth-order valence-corrected chi connectivity index (χ4v) is 3.28. The van der Waals surface area contributed by atoms with E-state index in [1.165, 1.54) is 5.56 Å². The maximum Gasteiger partial charge on any atom is 0.150 e. The Balaban J connectivity index is 3.41. The molecule has 0 atom stereocenters. The van der Waals surface area contributed by atoms with Gasteiger partial charge in [-0.1, -0.05) is 32.0 Å². The molecule has 0 N–H and O–H groups in total. The third kappa shape index (κ3) is 2.45. The van der Waals surface area contributed by atoms with E-state index in [0.29, 0.717) is 0 Å². The lowest BCUT2D eigenvalue weighted by Gasteiger charge is -2.33. The van der Waals surface area contributed by atoms with E-state index >= 15 is 0 Å². The van der Waals surface area contributed by atoms with Crippen LogP contribution < -0.4 is 0 Å². The highest BCUT2D eigenvalue weighted by molar-refractivity contribution is 8.51. The lowest BCUT2D eigenvalue weighted by atomic mass is 9.89. The van der Waals surface area contributed by atoms with Crippen LogP contribution in [-0.4, -0.2) is 18.8 Å². The van der Waals surface area contributed by atoms with E-state index in [1.54, 1.807) is 6.26 Å². The molecule has 1 heterocycles. The van der Waals surface area contributed by atoms with Gasteiger partial charge in [0.1, 0.15) is 0 Å². The van der Waals surface area contributed by atoms with E-state index in [4.69, 9.17) is 15.6 Å². The first-order valence-electron chi connectivity index (χ1n) is 4.66. The molecule has 3 heteroatoms. The lowest BCUT2D eigenvalue weighted by molar-refractivity contribution is 0.443. The predicted octanol–water partition coefficient (Wildman–Crippen LogP) is 2.98. The van der Waals surface area contributed by atoms with Gasteiger partial charge in [-0.2, -0.15) is 7.72 Å². The molecule has 0 radical (unpaired) electrons. The summed E-state index contributed by atoms with van der Waals surface area (Å²) in [6.45, 7) is 6.57. The number of rotatable bonds is 1. The van der Waals surface area contributed by atoms with Gasteiger partial charge in [0.25, 0.3) is 0 Å². The van der Waals surface area contributed by atoms with Crippen molar-refractivity contribution in [1.82, 2.24) is 0 Å². The Kier molecular flexibility index (Phi) is 2.49. The quantitative estimate of drug-likeness (QED) is 0.738. The Morgan fingerprint density at radius 2 is 1.71 bits per heavy atom. The second-order valence-corrected chi connectivity index (χ2v) is 14.5. The standard InChI is InChI=1S/C11H20OS2/c1-11(2,3)9-7-8-12-10(9)14(4,5,6)13/h7-8H,1-6H3. The molecule has 82 valence electrons. The molecular formula is C11H20OS2. The predicted molar refractivity (Wildman–Crippen MR) is 68.2 cm³/mol. The molecule has 1 aromatic rings. The van der Waals surface area contributed by atoms with Crippen molar-refractivity contribution in [1.29, 1.82) is 0 Å². The first-order chi connectivity index (χ1) is 5.99. The zero-order valence-electron chi connectivity index (χ0n) is 9.88. The van der Waals surface area contributed by atoms with E-state index < -0.39 is 7.72 Å². The van der Waals surface area contributed by atoms with E-state index in [-0.39, 0.29) is 5.41 Å². The highest BCUT2D eigenvalue weighted by Gasteiger charge is 2.29. The first kappa shape index (κ1) is 11.9. The van der Waals surface area contributed by atoms with Gasteiger partial charge in [0, 0.05) is 5.56 Å². The monoisotopic (exact) mass is 232 g/mol. The number of furan rings is 1. The molecule has 0 aromatic carbocycles. The highest BCUT2D eigenvalue weighted by atomic mass is 32.9. The van der Waals surface area contributed by atoms with Crippen LogP contribution in [0.15, 0.2) is 21.8 Å². The smallest absolute Gasteiger partial charge is 0.150 e. The molecule has 0 aliphatic rings. The molecule has 0 unspecified atom stereocenters. The fraction of sp³-hybridized carbons (Fsp3) is 0.636. The summed E-state index contributed by atoms with van der Waals surface area (Å²) in [7, 11) is -1.94. The summed E-state index contributed by atoms with van der Waals surface area (Å²) in [4.78, 5) is 0. The fourth-order valence-electron chi connectivity index (χ4n) is 1.39. The molecule has 0 saturated carbocycles. The van der Waals surface area contributed by atoms with Crippen molar-refractivity contribution in [3.63, 3.8) is 0 Å². The summed E-state index contributed by atoms with van der Waals surface area (Å²) in [6.07, 6.45) is 8.14. The summed E-state index contributed by atoms with van der Waals surface area (Å²) >= 11 is 5.68. The molecule has 0 fully saturated rings. The summed E-state index contributed by atoms with van der Waals surface area (Å²) in [5, 5.41) is 1.02. The largest absolute Gasteiger partial charge is 0.459 e. The van der Waals surface area contributed by atoms with E-state index in [1.807, 2.05) is 6.07 Å². The van der Waals surface area contributed by atoms with E-state index in [0.717, 1.165) is 5.09 Å². The van der Waals surface area contributed by atoms with Gasteiger partial charge in [-0.15, -0.1) is 0 Å². The van der Waals surface area contributed by atoms with Crippen LogP contribution in [0.25, 0.3) is 0 Å². The van der Waals surface area contributed by atoms with Crippen molar-refractivity contribution in [2.45, 2.75) is 31.3 Å². The molecule has 1 rings (SSSR count). The van der Waals surface area contributed by atoms with Gasteiger partial charge in [0.2, 0.25) is 0 Å². The van der Waals surface area contributed by atoms with Gasteiger partial charge in [0.05, 0.1) is 6.26 Å². The molecule has 0 bridgehead atoms. The first-order valence-corrected chi connectivity index (χ1v) is 8.85. The summed E-state index contributed by atoms with van der Waals surface area (Å²) in [5.41, 5.74) is 1.36. The summed E-state index contributed by atoms with van der Waals surface area (Å²) in [6, 6.07) is 2.05. The minimum absolute atomic E-state index is 0.112. The molecule has 0 spiro atoms. The Morgan fingerprint density at radius 3 is 2.00 bits per heavy atom. The molecule has 14 heavy (non-hydrogen) atoms. The number of hydrogen-bond acceptors (Lipinski definition) is 2. The van der Waals surface area contributed by atoms with Gasteiger partial charge >= 0.3 is 0 Å². The topological polar surface area (TPSA) is 13.1 Å². The van der Waals surface area contributed by atoms with Crippen molar-refractivity contribution in [3.05, 3.63) is 17.9 Å². The zero-order valence-corrected chi connectivity index (χ0v) is 11.5. The van der Waals surface area contributed by atoms with Crippen molar-refractivity contribution >= 4 is 18.9 Å². The molecule has 0 amide bonds. The van der Waals surface area contributed by atoms with Crippen molar-refractivity contribution in [3.8, 4) is 0 Å². The molecule has 0 saturated heterocycles. The van der Waals surface area contributed by atoms with Gasteiger partial charge < -0.3 is 4.42 Å². The van der Waals surface area contributed by atoms with Gasteiger partial charge in [-0.25, -0.2) is 0 Å². The van der Waals surface area contributed by atoms with Crippen LogP contribution in [-0.2, 0) is 24.3 Å². The Bertz CT molecular complexity index is 390. The van der Waals surface area contributed by atoms with Crippen LogP contribution in [0, 0.1) is 0 Å². The van der Waals surface area contributed by atoms with Crippen molar-refractivity contribution in [2.75, 3.05) is 18.8 Å². The average molecular weight is 232 g/mol. The number of hydrogen-bond donors (Lipinski definition) is 0. The maximum atomic E-state index is 5.68. The molecular weight excluding hydrogens is 212 g/mol. The SMILES string of the molecule is CC(C)(C)c1ccoc1S(C)(C)(C)=S. The van der Waals surface area contributed by atoms with Gasteiger partial charge in [0.15, 0.2) is 5.09 Å². The Hall–Kier alpha value is -0.150. The molecule has 0 aliphatic carbocycles. The lowest BCUT2D eigenvalue weighted by Crippen LogP contribution is -2.29. The van der Waals surface area contributed by atoms with E-state index in [9.17, 15) is 0 Å². The van der Waals surface area contributed by atoms with Crippen LogP contribution >= 0.6 is 0 Å². The van der Waals surface area contributed by atoms with Gasteiger partial charge in [-0.3, -0.25) is 0 Å². The average Bonchev–Trinajstić information content (AvgIpc) is 2.25. The van der Waals surface area contributed by atoms with Crippen LogP contribution in [0.1, 0.15) is 26.3 Å². The zero-order chi connectivity index (χ0) is 11.2. The minimum atomic E-state index is -1.94. The van der Waals surface area contributed by atoms with Crippen LogP contribution in [0.4, 0.5) is 0 Å². The second-order valence-electron chi connectivity index (χ2n) is 5.79. The van der Waals surface area contributed by atoms with Gasteiger partial charge in [-0.05, 0) is 30.2 Å². The maximum absolute atomic E-state index is 5.68. The van der Waals surface area contributed by atoms with Crippen LogP contribution in [0.5, 0.6) is 0 Å². The van der Waals surface area contributed by atoms with Crippen molar-refractivity contribution in [2.24, 2.45) is 0 Å². The Morgan fingerprint density at radius 1 is 1.21 bits per heavy atom. The van der Waals surface area contributed by atoms with Crippen molar-refractivity contribution < 1.29 is 4.42 Å².